The molecule has 2 N–H and O–H groups in total. The molecule has 1 aliphatic heterocycles. The average molecular weight is 582 g/mol. The molecule has 1 amide bonds. The number of imidazole rings is 1. The summed E-state index contributed by atoms with van der Waals surface area (Å²) in [6.07, 6.45) is 1.80. The van der Waals surface area contributed by atoms with E-state index in [-0.39, 0.29) is 30.7 Å². The third-order valence-electron chi connectivity index (χ3n) is 6.65. The number of carbonyl (C=O) groups is 1. The van der Waals surface area contributed by atoms with E-state index in [2.05, 4.69) is 51.1 Å². The zero-order valence-corrected chi connectivity index (χ0v) is 24.5. The number of aryl methyl sites for hydroxylation is 2. The van der Waals surface area contributed by atoms with Crippen molar-refractivity contribution in [3.63, 3.8) is 0 Å². The number of rotatable bonds is 6. The van der Waals surface area contributed by atoms with Crippen LogP contribution in [0.2, 0.25) is 0 Å². The van der Waals surface area contributed by atoms with E-state index in [1.54, 1.807) is 6.33 Å². The number of anilines is 4. The van der Waals surface area contributed by atoms with Gasteiger partial charge in [0.2, 0.25) is 5.95 Å². The molecule has 9 nitrogen and oxygen atoms in total. The van der Waals surface area contributed by atoms with Gasteiger partial charge in [-0.25, -0.2) is 4.98 Å². The number of nitrogens with zero attached hydrogens (tertiary/aromatic N) is 6. The fraction of sp³-hybridized carbons (Fsp3) is 0.310. The first-order valence-electron chi connectivity index (χ1n) is 13.0. The number of halogens is 2. The largest absolute Gasteiger partial charge is 0.338 e. The van der Waals surface area contributed by atoms with Crippen molar-refractivity contribution in [2.24, 2.45) is 0 Å². The molecule has 4 aromatic rings. The minimum atomic E-state index is -0.373. The number of aromatic nitrogens is 4. The van der Waals surface area contributed by atoms with Gasteiger partial charge in [-0.05, 0) is 50.7 Å². The maximum Gasteiger partial charge on any atom is 0.300 e. The first-order chi connectivity index (χ1) is 18.5. The Morgan fingerprint density at radius 1 is 0.950 bits per heavy atom. The minimum absolute atomic E-state index is 0. The van der Waals surface area contributed by atoms with Crippen LogP contribution in [0.4, 0.5) is 23.1 Å². The van der Waals surface area contributed by atoms with Crippen LogP contribution in [0.15, 0.2) is 54.9 Å². The van der Waals surface area contributed by atoms with Gasteiger partial charge in [0.1, 0.15) is 0 Å². The van der Waals surface area contributed by atoms with Crippen molar-refractivity contribution in [3.8, 4) is 11.8 Å². The average Bonchev–Trinajstić information content (AvgIpc) is 3.36. The van der Waals surface area contributed by atoms with Crippen LogP contribution in [-0.4, -0.2) is 63.0 Å². The predicted octanol–water partition coefficient (Wildman–Crippen LogP) is 4.87. The van der Waals surface area contributed by atoms with Crippen molar-refractivity contribution in [1.29, 1.82) is 0 Å². The zero-order chi connectivity index (χ0) is 26.5. The second-order valence-corrected chi connectivity index (χ2v) is 9.27. The Morgan fingerprint density at radius 2 is 1.68 bits per heavy atom. The van der Waals surface area contributed by atoms with Gasteiger partial charge < -0.3 is 25.0 Å². The maximum atomic E-state index is 12.5. The van der Waals surface area contributed by atoms with E-state index in [9.17, 15) is 4.79 Å². The number of hydrogen-bond donors (Lipinski definition) is 2. The van der Waals surface area contributed by atoms with Crippen LogP contribution < -0.4 is 15.5 Å². The highest BCUT2D eigenvalue weighted by molar-refractivity contribution is 6.04. The van der Waals surface area contributed by atoms with Gasteiger partial charge >= 0.3 is 5.91 Å². The lowest BCUT2D eigenvalue weighted by Crippen LogP contribution is -2.46. The number of nitrogens with one attached hydrogen (secondary N) is 2. The van der Waals surface area contributed by atoms with Crippen LogP contribution in [0.1, 0.15) is 25.0 Å². The fourth-order valence-corrected chi connectivity index (χ4v) is 4.40. The Bertz CT molecular complexity index is 1500. The summed E-state index contributed by atoms with van der Waals surface area (Å²) in [7, 11) is 0. The van der Waals surface area contributed by atoms with Gasteiger partial charge in [0, 0.05) is 55.6 Å². The number of piperazine rings is 1. The minimum Gasteiger partial charge on any atom is -0.338 e. The molecule has 2 aromatic heterocycles. The van der Waals surface area contributed by atoms with Crippen molar-refractivity contribution in [3.05, 3.63) is 66.0 Å². The van der Waals surface area contributed by atoms with Gasteiger partial charge in [-0.2, -0.15) is 9.97 Å². The van der Waals surface area contributed by atoms with Crippen LogP contribution in [0.5, 0.6) is 0 Å². The van der Waals surface area contributed by atoms with Crippen molar-refractivity contribution < 1.29 is 4.79 Å². The SMILES string of the molecule is CCN1CCN(c2nc(Nc3cccc(NC(=O)C#Cc4ccc(C)cc4)c3)c3ncn(CC)c3n2)CC1.Cl.Cl. The number of amides is 1. The van der Waals surface area contributed by atoms with Gasteiger partial charge in [0.25, 0.3) is 0 Å². The number of likely N-dealkylation sites (N-methyl/N-ethyl adjacent to an activating group) is 1. The lowest BCUT2D eigenvalue weighted by atomic mass is 10.1. The normalized spacial score (nSPS) is 13.0. The molecular formula is C29H34Cl2N8O. The standard InChI is InChI=1S/C29H32N8O.2ClH/c1-4-35-15-17-37(18-16-35)29-33-27(26-28(34-29)36(5-2)20-30-26)32-24-8-6-7-23(19-24)31-25(38)14-13-22-11-9-21(3)10-12-22;;/h6-12,19-20H,4-5,15-18H2,1-3H3,(H,31,38)(H,32,33,34);2*1H. The van der Waals surface area contributed by atoms with E-state index in [1.165, 1.54) is 0 Å². The first kappa shape index (κ1) is 30.7. The van der Waals surface area contributed by atoms with Crippen LogP contribution in [0.3, 0.4) is 0 Å². The predicted molar refractivity (Wildman–Crippen MR) is 166 cm³/mol. The molecule has 210 valence electrons. The molecule has 11 heteroatoms. The Morgan fingerprint density at radius 3 is 2.38 bits per heavy atom. The molecule has 0 spiro atoms. The maximum absolute atomic E-state index is 12.5. The highest BCUT2D eigenvalue weighted by atomic mass is 35.5. The third kappa shape index (κ3) is 7.21. The Hall–Kier alpha value is -3.84. The molecular weight excluding hydrogens is 547 g/mol. The number of fused-ring (bicyclic) bond motifs is 1. The van der Waals surface area contributed by atoms with E-state index < -0.39 is 0 Å². The van der Waals surface area contributed by atoms with Gasteiger partial charge in [0.15, 0.2) is 17.0 Å². The highest BCUT2D eigenvalue weighted by Gasteiger charge is 2.21. The summed E-state index contributed by atoms with van der Waals surface area (Å²) < 4.78 is 2.03. The molecule has 3 heterocycles. The zero-order valence-electron chi connectivity index (χ0n) is 22.8. The lowest BCUT2D eigenvalue weighted by molar-refractivity contribution is -0.111. The van der Waals surface area contributed by atoms with Gasteiger partial charge in [0.05, 0.1) is 6.33 Å². The molecule has 1 fully saturated rings. The second kappa shape index (κ2) is 14.0. The van der Waals surface area contributed by atoms with Crippen molar-refractivity contribution in [2.75, 3.05) is 48.3 Å². The highest BCUT2D eigenvalue weighted by Crippen LogP contribution is 2.27. The monoisotopic (exact) mass is 580 g/mol. The van der Waals surface area contributed by atoms with E-state index in [0.29, 0.717) is 23.0 Å². The van der Waals surface area contributed by atoms with Crippen molar-refractivity contribution >= 4 is 65.0 Å². The van der Waals surface area contributed by atoms with Gasteiger partial charge in [-0.3, -0.25) is 4.79 Å². The summed E-state index contributed by atoms with van der Waals surface area (Å²) in [4.78, 5) is 31.4. The van der Waals surface area contributed by atoms with E-state index >= 15 is 0 Å². The lowest BCUT2D eigenvalue weighted by Gasteiger charge is -2.34. The molecule has 0 radical (unpaired) electrons. The third-order valence-corrected chi connectivity index (χ3v) is 6.65. The number of carbonyl (C=O) groups excluding carboxylic acids is 1. The van der Waals surface area contributed by atoms with Gasteiger partial charge in [-0.15, -0.1) is 24.8 Å². The van der Waals surface area contributed by atoms with Crippen LogP contribution in [0, 0.1) is 18.8 Å². The summed E-state index contributed by atoms with van der Waals surface area (Å²) in [6.45, 7) is 11.8. The summed E-state index contributed by atoms with van der Waals surface area (Å²) >= 11 is 0. The van der Waals surface area contributed by atoms with Gasteiger partial charge in [-0.1, -0.05) is 36.6 Å². The molecule has 0 saturated carbocycles. The molecule has 5 rings (SSSR count). The first-order valence-corrected chi connectivity index (χ1v) is 13.0. The Kier molecular flexibility index (Phi) is 10.7. The molecule has 1 aliphatic rings. The Balaban J connectivity index is 0.00000220. The van der Waals surface area contributed by atoms with Crippen LogP contribution in [0.25, 0.3) is 11.2 Å². The topological polar surface area (TPSA) is 91.2 Å². The second-order valence-electron chi connectivity index (χ2n) is 9.27. The van der Waals surface area contributed by atoms with Crippen LogP contribution in [-0.2, 0) is 11.3 Å². The van der Waals surface area contributed by atoms with Crippen molar-refractivity contribution in [1.82, 2.24) is 24.4 Å². The van der Waals surface area contributed by atoms with E-state index in [0.717, 1.165) is 61.7 Å². The molecule has 0 unspecified atom stereocenters. The molecule has 0 bridgehead atoms. The number of hydrogen-bond acceptors (Lipinski definition) is 7. The number of benzene rings is 2. The van der Waals surface area contributed by atoms with Crippen LogP contribution >= 0.6 is 24.8 Å². The smallest absolute Gasteiger partial charge is 0.300 e. The Labute approximate surface area is 247 Å². The molecule has 0 atom stereocenters. The molecule has 2 aromatic carbocycles. The van der Waals surface area contributed by atoms with E-state index in [4.69, 9.17) is 9.97 Å². The summed E-state index contributed by atoms with van der Waals surface area (Å²) in [6, 6.07) is 15.2. The van der Waals surface area contributed by atoms with E-state index in [1.807, 2.05) is 60.0 Å². The molecule has 40 heavy (non-hydrogen) atoms. The van der Waals surface area contributed by atoms with Crippen molar-refractivity contribution in [2.45, 2.75) is 27.3 Å². The summed E-state index contributed by atoms with van der Waals surface area (Å²) in [5, 5.41) is 6.26. The quantitative estimate of drug-likeness (QED) is 0.314. The summed E-state index contributed by atoms with van der Waals surface area (Å²) in [5.74, 6) is 6.52. The molecule has 0 aliphatic carbocycles. The summed E-state index contributed by atoms with van der Waals surface area (Å²) in [5.41, 5.74) is 4.88. The molecule has 1 saturated heterocycles. The fourth-order valence-electron chi connectivity index (χ4n) is 4.40.